The number of allylic oxidation sites excluding steroid dienone is 1. The number of fused-ring (bicyclic) bond motifs is 1. The van der Waals surface area contributed by atoms with Gasteiger partial charge in [0.1, 0.15) is 6.23 Å². The number of rotatable bonds is 5. The van der Waals surface area contributed by atoms with E-state index in [9.17, 15) is 5.11 Å². The molecule has 0 bridgehead atoms. The molecule has 4 rings (SSSR count). The second-order valence-electron chi connectivity index (χ2n) is 6.44. The van der Waals surface area contributed by atoms with Gasteiger partial charge in [0.2, 0.25) is 0 Å². The molecule has 124 valence electrons. The Labute approximate surface area is 142 Å². The van der Waals surface area contributed by atoms with Gasteiger partial charge in [0.05, 0.1) is 11.4 Å². The van der Waals surface area contributed by atoms with Crippen LogP contribution in [-0.2, 0) is 0 Å². The molecule has 3 N–H and O–H groups in total. The van der Waals surface area contributed by atoms with Crippen molar-refractivity contribution in [3.05, 3.63) is 60.2 Å². The summed E-state index contributed by atoms with van der Waals surface area (Å²) in [6.07, 6.45) is 3.96. The summed E-state index contributed by atoms with van der Waals surface area (Å²) in [5.74, 6) is 0.606. The molecule has 1 aliphatic carbocycles. The number of likely N-dealkylation sites (N-methyl/N-ethyl adjacent to an activating group) is 1. The molecule has 0 amide bonds. The first-order valence-electron chi connectivity index (χ1n) is 8.64. The molecule has 0 radical (unpaired) electrons. The van der Waals surface area contributed by atoms with Gasteiger partial charge in [-0.25, -0.2) is 0 Å². The predicted octanol–water partition coefficient (Wildman–Crippen LogP) is 4.08. The first-order chi connectivity index (χ1) is 11.8. The third-order valence-corrected chi connectivity index (χ3v) is 4.75. The zero-order valence-electron chi connectivity index (χ0n) is 13.9. The number of para-hydroxylation sites is 1. The van der Waals surface area contributed by atoms with Gasteiger partial charge >= 0.3 is 0 Å². The number of benzene rings is 2. The normalized spacial score (nSPS) is 19.5. The molecule has 2 aliphatic rings. The lowest BCUT2D eigenvalue weighted by atomic mass is 9.94. The Balaban J connectivity index is 1.61. The Kier molecular flexibility index (Phi) is 3.90. The van der Waals surface area contributed by atoms with Crippen molar-refractivity contribution in [2.75, 3.05) is 22.3 Å². The van der Waals surface area contributed by atoms with Gasteiger partial charge in [-0.2, -0.15) is 0 Å². The Bertz CT molecular complexity index is 753. The first-order valence-corrected chi connectivity index (χ1v) is 8.64. The van der Waals surface area contributed by atoms with Crippen molar-refractivity contribution in [3.63, 3.8) is 0 Å². The number of aliphatic hydroxyl groups is 1. The molecule has 1 heterocycles. The van der Waals surface area contributed by atoms with E-state index in [0.717, 1.165) is 23.6 Å². The lowest BCUT2D eigenvalue weighted by Gasteiger charge is -2.34. The molecule has 2 aromatic carbocycles. The number of hydrogen-bond acceptors (Lipinski definition) is 4. The lowest BCUT2D eigenvalue weighted by Crippen LogP contribution is -2.36. The van der Waals surface area contributed by atoms with E-state index in [-0.39, 0.29) is 0 Å². The second kappa shape index (κ2) is 6.21. The molecule has 1 aliphatic heterocycles. The van der Waals surface area contributed by atoms with Gasteiger partial charge in [-0.1, -0.05) is 18.2 Å². The van der Waals surface area contributed by atoms with E-state index in [1.54, 1.807) is 0 Å². The molecular formula is C20H23N3O. The van der Waals surface area contributed by atoms with E-state index in [2.05, 4.69) is 36.0 Å². The minimum Gasteiger partial charge on any atom is -0.370 e. The molecule has 1 fully saturated rings. The molecule has 4 heteroatoms. The van der Waals surface area contributed by atoms with Crippen LogP contribution in [0.15, 0.2) is 54.6 Å². The summed E-state index contributed by atoms with van der Waals surface area (Å²) in [5, 5.41) is 10.4. The summed E-state index contributed by atoms with van der Waals surface area (Å²) in [6.45, 7) is 2.86. The highest BCUT2D eigenvalue weighted by atomic mass is 16.3. The highest BCUT2D eigenvalue weighted by Gasteiger charge is 2.33. The number of anilines is 3. The highest BCUT2D eigenvalue weighted by molar-refractivity contribution is 5.84. The minimum atomic E-state index is -0.514. The van der Waals surface area contributed by atoms with E-state index in [1.165, 1.54) is 24.0 Å². The molecule has 0 spiro atoms. The Morgan fingerprint density at radius 2 is 1.79 bits per heavy atom. The highest BCUT2D eigenvalue weighted by Crippen LogP contribution is 2.47. The molecule has 1 saturated carbocycles. The van der Waals surface area contributed by atoms with Crippen LogP contribution in [0, 0.1) is 5.92 Å². The Morgan fingerprint density at radius 1 is 1.04 bits per heavy atom. The maximum atomic E-state index is 10.4. The summed E-state index contributed by atoms with van der Waals surface area (Å²) >= 11 is 0. The summed E-state index contributed by atoms with van der Waals surface area (Å²) in [6, 6.07) is 16.4. The van der Waals surface area contributed by atoms with E-state index in [4.69, 9.17) is 0 Å². The van der Waals surface area contributed by atoms with Crippen LogP contribution in [0.3, 0.4) is 0 Å². The standard InChI is InChI=1S/C20H23N3O/c1-2-23-19-11-10-16(22-21-15-6-4-3-5-7-15)12-18(19)17(13-20(23)24)14-8-9-14/h3-7,10-14,20-22,24H,2,8-9H2,1H3. The van der Waals surface area contributed by atoms with Gasteiger partial charge in [0, 0.05) is 17.8 Å². The topological polar surface area (TPSA) is 47.5 Å². The monoisotopic (exact) mass is 321 g/mol. The summed E-state index contributed by atoms with van der Waals surface area (Å²) in [4.78, 5) is 2.04. The fourth-order valence-corrected chi connectivity index (χ4v) is 3.35. The molecule has 0 aromatic heterocycles. The van der Waals surface area contributed by atoms with Crippen LogP contribution in [0.4, 0.5) is 17.1 Å². The van der Waals surface area contributed by atoms with Crippen LogP contribution in [0.2, 0.25) is 0 Å². The van der Waals surface area contributed by atoms with Crippen molar-refractivity contribution in [2.45, 2.75) is 26.0 Å². The molecule has 1 atom stereocenters. The number of aliphatic hydroxyl groups excluding tert-OH is 1. The second-order valence-corrected chi connectivity index (χ2v) is 6.44. The Morgan fingerprint density at radius 3 is 2.50 bits per heavy atom. The quantitative estimate of drug-likeness (QED) is 0.726. The van der Waals surface area contributed by atoms with Gasteiger partial charge in [0.15, 0.2) is 0 Å². The van der Waals surface area contributed by atoms with Crippen LogP contribution >= 0.6 is 0 Å². The van der Waals surface area contributed by atoms with Crippen molar-refractivity contribution in [2.24, 2.45) is 5.92 Å². The fourth-order valence-electron chi connectivity index (χ4n) is 3.35. The molecular weight excluding hydrogens is 298 g/mol. The third-order valence-electron chi connectivity index (χ3n) is 4.75. The van der Waals surface area contributed by atoms with Crippen LogP contribution in [0.1, 0.15) is 25.3 Å². The Hall–Kier alpha value is -2.46. The van der Waals surface area contributed by atoms with E-state index >= 15 is 0 Å². The van der Waals surface area contributed by atoms with E-state index in [0.29, 0.717) is 5.92 Å². The van der Waals surface area contributed by atoms with Crippen molar-refractivity contribution in [1.29, 1.82) is 0 Å². The lowest BCUT2D eigenvalue weighted by molar-refractivity contribution is 0.216. The SMILES string of the molecule is CCN1c2ccc(NNc3ccccc3)cc2C(C2CC2)=CC1O. The van der Waals surface area contributed by atoms with Crippen LogP contribution in [0.5, 0.6) is 0 Å². The molecule has 4 nitrogen and oxygen atoms in total. The number of hydrazine groups is 1. The van der Waals surface area contributed by atoms with E-state index < -0.39 is 6.23 Å². The molecule has 0 saturated heterocycles. The first kappa shape index (κ1) is 15.1. The molecule has 1 unspecified atom stereocenters. The van der Waals surface area contributed by atoms with Gasteiger partial charge in [-0.05, 0) is 67.7 Å². The van der Waals surface area contributed by atoms with Gasteiger partial charge < -0.3 is 20.9 Å². The largest absolute Gasteiger partial charge is 0.370 e. The number of nitrogens with zero attached hydrogens (tertiary/aromatic N) is 1. The maximum absolute atomic E-state index is 10.4. The van der Waals surface area contributed by atoms with Gasteiger partial charge in [0.25, 0.3) is 0 Å². The average molecular weight is 321 g/mol. The average Bonchev–Trinajstić information content (AvgIpc) is 3.45. The van der Waals surface area contributed by atoms with Crippen LogP contribution < -0.4 is 15.8 Å². The van der Waals surface area contributed by atoms with Crippen molar-refractivity contribution in [1.82, 2.24) is 0 Å². The summed E-state index contributed by atoms with van der Waals surface area (Å²) in [5.41, 5.74) is 12.2. The van der Waals surface area contributed by atoms with Crippen molar-refractivity contribution < 1.29 is 5.11 Å². The fraction of sp³-hybridized carbons (Fsp3) is 0.300. The van der Waals surface area contributed by atoms with Crippen LogP contribution in [0.25, 0.3) is 5.57 Å². The molecule has 2 aromatic rings. The smallest absolute Gasteiger partial charge is 0.146 e. The maximum Gasteiger partial charge on any atom is 0.146 e. The van der Waals surface area contributed by atoms with Gasteiger partial charge in [-0.3, -0.25) is 0 Å². The van der Waals surface area contributed by atoms with E-state index in [1.807, 2.05) is 41.3 Å². The number of nitrogens with one attached hydrogen (secondary N) is 2. The van der Waals surface area contributed by atoms with Gasteiger partial charge in [-0.15, -0.1) is 0 Å². The molecule has 24 heavy (non-hydrogen) atoms. The zero-order chi connectivity index (χ0) is 16.5. The van der Waals surface area contributed by atoms with Crippen molar-refractivity contribution >= 4 is 22.6 Å². The minimum absolute atomic E-state index is 0.514. The summed E-state index contributed by atoms with van der Waals surface area (Å²) in [7, 11) is 0. The predicted molar refractivity (Wildman–Crippen MR) is 99.9 cm³/mol. The number of hydrogen-bond donors (Lipinski definition) is 3. The van der Waals surface area contributed by atoms with Crippen LogP contribution in [-0.4, -0.2) is 17.9 Å². The summed E-state index contributed by atoms with van der Waals surface area (Å²) < 4.78 is 0. The third kappa shape index (κ3) is 2.85. The zero-order valence-corrected chi connectivity index (χ0v) is 13.9. The van der Waals surface area contributed by atoms with Crippen molar-refractivity contribution in [3.8, 4) is 0 Å².